The molecule has 1 aromatic heterocycles. The van der Waals surface area contributed by atoms with Gasteiger partial charge in [-0.05, 0) is 19.8 Å². The monoisotopic (exact) mass is 209 g/mol. The first-order chi connectivity index (χ1) is 7.22. The first-order valence-electron chi connectivity index (χ1n) is 5.62. The van der Waals surface area contributed by atoms with E-state index >= 15 is 0 Å². The highest BCUT2D eigenvalue weighted by atomic mass is 16.3. The van der Waals surface area contributed by atoms with Gasteiger partial charge in [-0.2, -0.15) is 5.10 Å². The number of nitrogens with zero attached hydrogens (tertiary/aromatic N) is 2. The summed E-state index contributed by atoms with van der Waals surface area (Å²) in [6, 6.07) is 0. The highest BCUT2D eigenvalue weighted by Crippen LogP contribution is 2.49. The summed E-state index contributed by atoms with van der Waals surface area (Å²) in [5, 5.41) is 14.4. The van der Waals surface area contributed by atoms with E-state index < -0.39 is 6.10 Å². The lowest BCUT2D eigenvalue weighted by atomic mass is 9.64. The van der Waals surface area contributed by atoms with E-state index in [1.54, 1.807) is 6.20 Å². The predicted molar refractivity (Wildman–Crippen MR) is 58.2 cm³/mol. The van der Waals surface area contributed by atoms with Crippen LogP contribution in [0.4, 0.5) is 0 Å². The Kier molecular flexibility index (Phi) is 2.80. The number of aliphatic hydroxyl groups excluding tert-OH is 1. The van der Waals surface area contributed by atoms with Gasteiger partial charge in [0, 0.05) is 30.3 Å². The Morgan fingerprint density at radius 1 is 1.67 bits per heavy atom. The molecule has 0 aliphatic heterocycles. The summed E-state index contributed by atoms with van der Waals surface area (Å²) in [5.74, 6) is 0. The molecule has 0 radical (unpaired) electrons. The molecule has 4 nitrogen and oxygen atoms in total. The molecular weight excluding hydrogens is 190 g/mol. The highest BCUT2D eigenvalue weighted by molar-refractivity contribution is 5.14. The minimum Gasteiger partial charge on any atom is -0.388 e. The molecule has 1 saturated carbocycles. The number of aryl methyl sites for hydroxylation is 1. The molecule has 3 N–H and O–H groups in total. The SMILES string of the molecule is CCn1cc([C@@H](O)C2(CN)CCC2)cn1. The molecule has 1 heterocycles. The standard InChI is InChI=1S/C11H19N3O/c1-2-14-7-9(6-13-14)10(15)11(8-12)4-3-5-11/h6-7,10,15H,2-5,8,12H2,1H3/t10-/m1/s1. The van der Waals surface area contributed by atoms with Gasteiger partial charge >= 0.3 is 0 Å². The molecule has 0 aromatic carbocycles. The molecule has 2 rings (SSSR count). The van der Waals surface area contributed by atoms with E-state index in [0.717, 1.165) is 24.9 Å². The average molecular weight is 209 g/mol. The molecule has 1 aromatic rings. The van der Waals surface area contributed by atoms with E-state index in [1.807, 2.05) is 17.8 Å². The summed E-state index contributed by atoms with van der Waals surface area (Å²) >= 11 is 0. The molecule has 1 atom stereocenters. The summed E-state index contributed by atoms with van der Waals surface area (Å²) in [5.41, 5.74) is 6.58. The normalized spacial score (nSPS) is 21.0. The summed E-state index contributed by atoms with van der Waals surface area (Å²) < 4.78 is 1.83. The number of aromatic nitrogens is 2. The Hall–Kier alpha value is -0.870. The minimum absolute atomic E-state index is 0.0817. The molecule has 4 heteroatoms. The topological polar surface area (TPSA) is 64.1 Å². The Bertz CT molecular complexity index is 325. The van der Waals surface area contributed by atoms with Crippen molar-refractivity contribution in [1.29, 1.82) is 0 Å². The van der Waals surface area contributed by atoms with Crippen LogP contribution in [0.1, 0.15) is 37.9 Å². The Labute approximate surface area is 90.1 Å². The van der Waals surface area contributed by atoms with Crippen molar-refractivity contribution in [2.75, 3.05) is 6.54 Å². The number of nitrogens with two attached hydrogens (primary N) is 1. The lowest BCUT2D eigenvalue weighted by Crippen LogP contribution is -2.42. The molecule has 1 aliphatic rings. The zero-order valence-electron chi connectivity index (χ0n) is 9.19. The fourth-order valence-corrected chi connectivity index (χ4v) is 2.27. The number of hydrogen-bond donors (Lipinski definition) is 2. The van der Waals surface area contributed by atoms with E-state index in [-0.39, 0.29) is 5.41 Å². The van der Waals surface area contributed by atoms with E-state index in [4.69, 9.17) is 5.73 Å². The van der Waals surface area contributed by atoms with E-state index in [0.29, 0.717) is 6.54 Å². The van der Waals surface area contributed by atoms with Gasteiger partial charge in [0.2, 0.25) is 0 Å². The second kappa shape index (κ2) is 3.94. The van der Waals surface area contributed by atoms with Gasteiger partial charge in [0.15, 0.2) is 0 Å². The molecule has 0 saturated heterocycles. The molecule has 0 unspecified atom stereocenters. The van der Waals surface area contributed by atoms with Gasteiger partial charge in [0.25, 0.3) is 0 Å². The maximum absolute atomic E-state index is 10.3. The van der Waals surface area contributed by atoms with Crippen molar-refractivity contribution in [3.8, 4) is 0 Å². The number of hydrogen-bond acceptors (Lipinski definition) is 3. The van der Waals surface area contributed by atoms with E-state index in [2.05, 4.69) is 5.10 Å². The van der Waals surface area contributed by atoms with Gasteiger partial charge in [0.1, 0.15) is 0 Å². The predicted octanol–water partition coefficient (Wildman–Crippen LogP) is 1.07. The Morgan fingerprint density at radius 2 is 2.40 bits per heavy atom. The molecule has 15 heavy (non-hydrogen) atoms. The van der Waals surface area contributed by atoms with Crippen molar-refractivity contribution in [3.05, 3.63) is 18.0 Å². The van der Waals surface area contributed by atoms with Crippen molar-refractivity contribution in [2.45, 2.75) is 38.8 Å². The van der Waals surface area contributed by atoms with Gasteiger partial charge in [-0.1, -0.05) is 6.42 Å². The summed E-state index contributed by atoms with van der Waals surface area (Å²) in [7, 11) is 0. The van der Waals surface area contributed by atoms with Crippen LogP contribution in [0.15, 0.2) is 12.4 Å². The van der Waals surface area contributed by atoms with Crippen molar-refractivity contribution >= 4 is 0 Å². The lowest BCUT2D eigenvalue weighted by molar-refractivity contribution is -0.0297. The molecule has 1 fully saturated rings. The fraction of sp³-hybridized carbons (Fsp3) is 0.727. The van der Waals surface area contributed by atoms with Crippen molar-refractivity contribution in [1.82, 2.24) is 9.78 Å². The van der Waals surface area contributed by atoms with Crippen molar-refractivity contribution < 1.29 is 5.11 Å². The van der Waals surface area contributed by atoms with E-state index in [1.165, 1.54) is 6.42 Å². The van der Waals surface area contributed by atoms with Crippen LogP contribution >= 0.6 is 0 Å². The van der Waals surface area contributed by atoms with Crippen molar-refractivity contribution in [2.24, 2.45) is 11.1 Å². The average Bonchev–Trinajstić information content (AvgIpc) is 2.64. The number of aliphatic hydroxyl groups is 1. The quantitative estimate of drug-likeness (QED) is 0.779. The van der Waals surface area contributed by atoms with Crippen LogP contribution in [0.25, 0.3) is 0 Å². The summed E-state index contributed by atoms with van der Waals surface area (Å²) in [6.07, 6.45) is 6.46. The fourth-order valence-electron chi connectivity index (χ4n) is 2.27. The van der Waals surface area contributed by atoms with Crippen LogP contribution in [-0.2, 0) is 6.54 Å². The largest absolute Gasteiger partial charge is 0.388 e. The van der Waals surface area contributed by atoms with Crippen molar-refractivity contribution in [3.63, 3.8) is 0 Å². The van der Waals surface area contributed by atoms with Crippen LogP contribution in [0.3, 0.4) is 0 Å². The Morgan fingerprint density at radius 3 is 2.80 bits per heavy atom. The van der Waals surface area contributed by atoms with Gasteiger partial charge in [-0.15, -0.1) is 0 Å². The second-order valence-corrected chi connectivity index (χ2v) is 4.45. The highest BCUT2D eigenvalue weighted by Gasteiger charge is 2.43. The zero-order valence-corrected chi connectivity index (χ0v) is 9.19. The second-order valence-electron chi connectivity index (χ2n) is 4.45. The van der Waals surface area contributed by atoms with Crippen LogP contribution in [0, 0.1) is 5.41 Å². The maximum Gasteiger partial charge on any atom is 0.0888 e. The minimum atomic E-state index is -0.448. The van der Waals surface area contributed by atoms with E-state index in [9.17, 15) is 5.11 Å². The van der Waals surface area contributed by atoms with Crippen LogP contribution in [0.5, 0.6) is 0 Å². The Balaban J connectivity index is 2.15. The summed E-state index contributed by atoms with van der Waals surface area (Å²) in [6.45, 7) is 3.43. The zero-order chi connectivity index (χ0) is 10.9. The molecular formula is C11H19N3O. The lowest BCUT2D eigenvalue weighted by Gasteiger charge is -2.44. The molecule has 0 spiro atoms. The van der Waals surface area contributed by atoms with Crippen LogP contribution < -0.4 is 5.73 Å². The van der Waals surface area contributed by atoms with Crippen LogP contribution in [-0.4, -0.2) is 21.4 Å². The molecule has 84 valence electrons. The molecule has 0 amide bonds. The molecule has 0 bridgehead atoms. The third-order valence-corrected chi connectivity index (χ3v) is 3.63. The third-order valence-electron chi connectivity index (χ3n) is 3.63. The van der Waals surface area contributed by atoms with Gasteiger partial charge in [0.05, 0.1) is 12.3 Å². The van der Waals surface area contributed by atoms with Gasteiger partial charge in [-0.3, -0.25) is 4.68 Å². The third kappa shape index (κ3) is 1.68. The number of rotatable bonds is 4. The van der Waals surface area contributed by atoms with Crippen LogP contribution in [0.2, 0.25) is 0 Å². The molecule has 1 aliphatic carbocycles. The smallest absolute Gasteiger partial charge is 0.0888 e. The first-order valence-corrected chi connectivity index (χ1v) is 5.62. The van der Waals surface area contributed by atoms with Gasteiger partial charge < -0.3 is 10.8 Å². The first kappa shape index (κ1) is 10.6. The maximum atomic E-state index is 10.3. The summed E-state index contributed by atoms with van der Waals surface area (Å²) in [4.78, 5) is 0. The van der Waals surface area contributed by atoms with Gasteiger partial charge in [-0.25, -0.2) is 0 Å².